The Morgan fingerprint density at radius 3 is 2.38 bits per heavy atom. The van der Waals surface area contributed by atoms with Gasteiger partial charge in [0.25, 0.3) is 0 Å². The van der Waals surface area contributed by atoms with Crippen LogP contribution in [0, 0.1) is 6.92 Å². The third-order valence-electron chi connectivity index (χ3n) is 4.13. The lowest BCUT2D eigenvalue weighted by atomic mass is 10.00. The van der Waals surface area contributed by atoms with Crippen molar-refractivity contribution in [2.45, 2.75) is 26.7 Å². The van der Waals surface area contributed by atoms with E-state index < -0.39 is 0 Å². The number of aromatic nitrogens is 1. The minimum Gasteiger partial charge on any atom is -0.496 e. The molecule has 1 heterocycles. The van der Waals surface area contributed by atoms with Crippen molar-refractivity contribution in [2.24, 2.45) is 0 Å². The highest BCUT2D eigenvalue weighted by Crippen LogP contribution is 2.32. The zero-order chi connectivity index (χ0) is 14.8. The van der Waals surface area contributed by atoms with Crippen LogP contribution in [0.1, 0.15) is 29.3 Å². The van der Waals surface area contributed by atoms with Crippen LogP contribution in [0.3, 0.4) is 0 Å². The number of rotatable bonds is 4. The maximum absolute atomic E-state index is 5.54. The zero-order valence-corrected chi connectivity index (χ0v) is 12.9. The number of aryl methyl sites for hydroxylation is 2. The number of methoxy groups -OCH3 is 1. The summed E-state index contributed by atoms with van der Waals surface area (Å²) in [5.74, 6) is 0.942. The van der Waals surface area contributed by atoms with Crippen molar-refractivity contribution < 1.29 is 4.74 Å². The summed E-state index contributed by atoms with van der Waals surface area (Å²) in [4.78, 5) is 3.46. The molecule has 0 spiro atoms. The number of ether oxygens (including phenoxy) is 1. The summed E-state index contributed by atoms with van der Waals surface area (Å²) in [6, 6.07) is 15.1. The third-order valence-corrected chi connectivity index (χ3v) is 4.13. The summed E-state index contributed by atoms with van der Waals surface area (Å²) in [6.07, 6.45) is 2.01. The molecule has 2 heteroatoms. The molecule has 0 radical (unpaired) electrons. The maximum atomic E-state index is 5.54. The molecule has 3 rings (SSSR count). The molecule has 0 saturated carbocycles. The normalized spacial score (nSPS) is 11.0. The van der Waals surface area contributed by atoms with Crippen LogP contribution >= 0.6 is 0 Å². The molecular formula is C19H21NO. The SMILES string of the molecule is CCc1ccc(Cc2c(C)[nH]c3cccc(OC)c23)cc1. The minimum atomic E-state index is 0.927. The molecule has 21 heavy (non-hydrogen) atoms. The van der Waals surface area contributed by atoms with E-state index in [1.165, 1.54) is 27.8 Å². The van der Waals surface area contributed by atoms with Crippen molar-refractivity contribution in [1.29, 1.82) is 0 Å². The molecule has 1 aromatic heterocycles. The highest BCUT2D eigenvalue weighted by Gasteiger charge is 2.13. The number of aromatic amines is 1. The average molecular weight is 279 g/mol. The number of nitrogens with one attached hydrogen (secondary N) is 1. The highest BCUT2D eigenvalue weighted by atomic mass is 16.5. The van der Waals surface area contributed by atoms with Gasteiger partial charge in [0.2, 0.25) is 0 Å². The fourth-order valence-corrected chi connectivity index (χ4v) is 2.90. The lowest BCUT2D eigenvalue weighted by molar-refractivity contribution is 0.419. The molecule has 0 fully saturated rings. The zero-order valence-electron chi connectivity index (χ0n) is 12.9. The van der Waals surface area contributed by atoms with Crippen LogP contribution in [0.15, 0.2) is 42.5 Å². The van der Waals surface area contributed by atoms with Crippen LogP contribution in [0.2, 0.25) is 0 Å². The van der Waals surface area contributed by atoms with Crippen LogP contribution < -0.4 is 4.74 Å². The summed E-state index contributed by atoms with van der Waals surface area (Å²) in [6.45, 7) is 4.32. The van der Waals surface area contributed by atoms with Gasteiger partial charge in [-0.15, -0.1) is 0 Å². The lowest BCUT2D eigenvalue weighted by Gasteiger charge is -2.07. The summed E-state index contributed by atoms with van der Waals surface area (Å²) >= 11 is 0. The van der Waals surface area contributed by atoms with E-state index in [0.29, 0.717) is 0 Å². The van der Waals surface area contributed by atoms with E-state index in [1.54, 1.807) is 7.11 Å². The van der Waals surface area contributed by atoms with Gasteiger partial charge in [-0.25, -0.2) is 0 Å². The van der Waals surface area contributed by atoms with Crippen molar-refractivity contribution in [3.63, 3.8) is 0 Å². The summed E-state index contributed by atoms with van der Waals surface area (Å²) in [5.41, 5.74) is 6.40. The van der Waals surface area contributed by atoms with Gasteiger partial charge in [-0.3, -0.25) is 0 Å². The molecule has 1 N–H and O–H groups in total. The summed E-state index contributed by atoms with van der Waals surface area (Å²) in [5, 5.41) is 1.21. The fraction of sp³-hybridized carbons (Fsp3) is 0.263. The minimum absolute atomic E-state index is 0.927. The topological polar surface area (TPSA) is 25.0 Å². The number of H-pyrrole nitrogens is 1. The van der Waals surface area contributed by atoms with E-state index in [9.17, 15) is 0 Å². The average Bonchev–Trinajstić information content (AvgIpc) is 2.84. The van der Waals surface area contributed by atoms with Crippen LogP contribution in [-0.2, 0) is 12.8 Å². The molecule has 0 bridgehead atoms. The number of fused-ring (bicyclic) bond motifs is 1. The molecule has 0 aliphatic heterocycles. The summed E-state index contributed by atoms with van der Waals surface area (Å²) < 4.78 is 5.54. The molecule has 108 valence electrons. The van der Waals surface area contributed by atoms with E-state index in [0.717, 1.165) is 24.1 Å². The van der Waals surface area contributed by atoms with E-state index in [1.807, 2.05) is 12.1 Å². The molecular weight excluding hydrogens is 258 g/mol. The van der Waals surface area contributed by atoms with Crippen LogP contribution in [-0.4, -0.2) is 12.1 Å². The van der Waals surface area contributed by atoms with Gasteiger partial charge in [-0.2, -0.15) is 0 Å². The molecule has 2 nitrogen and oxygen atoms in total. The first-order valence-electron chi connectivity index (χ1n) is 7.45. The molecule has 0 unspecified atom stereocenters. The summed E-state index contributed by atoms with van der Waals surface area (Å²) in [7, 11) is 1.73. The van der Waals surface area contributed by atoms with Crippen molar-refractivity contribution in [1.82, 2.24) is 4.98 Å². The van der Waals surface area contributed by atoms with Crippen molar-refractivity contribution in [3.05, 3.63) is 64.8 Å². The quantitative estimate of drug-likeness (QED) is 0.739. The van der Waals surface area contributed by atoms with E-state index >= 15 is 0 Å². The van der Waals surface area contributed by atoms with Crippen molar-refractivity contribution >= 4 is 10.9 Å². The Bertz CT molecular complexity index is 753. The second-order valence-electron chi connectivity index (χ2n) is 5.46. The lowest BCUT2D eigenvalue weighted by Crippen LogP contribution is -1.92. The largest absolute Gasteiger partial charge is 0.496 e. The Labute approximate surface area is 125 Å². The number of benzene rings is 2. The first-order chi connectivity index (χ1) is 10.2. The fourth-order valence-electron chi connectivity index (χ4n) is 2.90. The van der Waals surface area contributed by atoms with E-state index in [4.69, 9.17) is 4.74 Å². The van der Waals surface area contributed by atoms with Gasteiger partial charge in [0.05, 0.1) is 7.11 Å². The molecule has 0 aliphatic rings. The molecule has 0 amide bonds. The van der Waals surface area contributed by atoms with Crippen LogP contribution in [0.25, 0.3) is 10.9 Å². The second-order valence-corrected chi connectivity index (χ2v) is 5.46. The predicted octanol–water partition coefficient (Wildman–Crippen LogP) is 4.64. The first-order valence-corrected chi connectivity index (χ1v) is 7.45. The third kappa shape index (κ3) is 2.54. The van der Waals surface area contributed by atoms with Crippen LogP contribution in [0.4, 0.5) is 0 Å². The van der Waals surface area contributed by atoms with Crippen molar-refractivity contribution in [3.8, 4) is 5.75 Å². The molecule has 2 aromatic carbocycles. The highest BCUT2D eigenvalue weighted by molar-refractivity contribution is 5.90. The van der Waals surface area contributed by atoms with Gasteiger partial charge in [-0.05, 0) is 48.6 Å². The monoisotopic (exact) mass is 279 g/mol. The standard InChI is InChI=1S/C19H21NO/c1-4-14-8-10-15(11-9-14)12-16-13(2)20-17-6-5-7-18(21-3)19(16)17/h5-11,20H,4,12H2,1-3H3. The molecule has 0 aliphatic carbocycles. The molecule has 3 aromatic rings. The number of hydrogen-bond acceptors (Lipinski definition) is 1. The van der Waals surface area contributed by atoms with Gasteiger partial charge < -0.3 is 9.72 Å². The Balaban J connectivity index is 2.04. The van der Waals surface area contributed by atoms with Gasteiger partial charge in [0, 0.05) is 16.6 Å². The first kappa shape index (κ1) is 13.7. The Kier molecular flexibility index (Phi) is 3.70. The van der Waals surface area contributed by atoms with Crippen molar-refractivity contribution in [2.75, 3.05) is 7.11 Å². The Morgan fingerprint density at radius 1 is 1.00 bits per heavy atom. The smallest absolute Gasteiger partial charge is 0.128 e. The number of hydrogen-bond donors (Lipinski definition) is 1. The predicted molar refractivity (Wildman–Crippen MR) is 88.2 cm³/mol. The molecule has 0 atom stereocenters. The maximum Gasteiger partial charge on any atom is 0.128 e. The molecule has 0 saturated heterocycles. The van der Waals surface area contributed by atoms with Gasteiger partial charge >= 0.3 is 0 Å². The van der Waals surface area contributed by atoms with Gasteiger partial charge in [0.1, 0.15) is 5.75 Å². The van der Waals surface area contributed by atoms with E-state index in [-0.39, 0.29) is 0 Å². The Hall–Kier alpha value is -2.22. The second kappa shape index (κ2) is 5.65. The van der Waals surface area contributed by atoms with Gasteiger partial charge in [0.15, 0.2) is 0 Å². The van der Waals surface area contributed by atoms with Gasteiger partial charge in [-0.1, -0.05) is 37.3 Å². The van der Waals surface area contributed by atoms with E-state index in [2.05, 4.69) is 49.2 Å². The van der Waals surface area contributed by atoms with Crippen LogP contribution in [0.5, 0.6) is 5.75 Å². The Morgan fingerprint density at radius 2 is 1.71 bits per heavy atom.